The van der Waals surface area contributed by atoms with Gasteiger partial charge in [0.1, 0.15) is 17.2 Å². The van der Waals surface area contributed by atoms with Gasteiger partial charge in [-0.2, -0.15) is 0 Å². The lowest BCUT2D eigenvalue weighted by Gasteiger charge is -2.09. The van der Waals surface area contributed by atoms with Crippen LogP contribution in [0.4, 0.5) is 11.4 Å². The summed E-state index contributed by atoms with van der Waals surface area (Å²) in [7, 11) is 0. The van der Waals surface area contributed by atoms with E-state index in [4.69, 9.17) is 15.2 Å². The Labute approximate surface area is 146 Å². The summed E-state index contributed by atoms with van der Waals surface area (Å²) in [6, 6.07) is 23.5. The van der Waals surface area contributed by atoms with E-state index >= 15 is 0 Å². The third-order valence-corrected chi connectivity index (χ3v) is 3.37. The molecule has 5 nitrogen and oxygen atoms in total. The van der Waals surface area contributed by atoms with Gasteiger partial charge in [-0.3, -0.25) is 4.79 Å². The fraction of sp³-hybridized carbons (Fsp3) is 0.0500. The molecule has 3 aromatic rings. The minimum Gasteiger partial charge on any atom is -0.484 e. The fourth-order valence-corrected chi connectivity index (χ4v) is 2.14. The molecular formula is C20H18N2O3. The number of nitrogen functional groups attached to an aromatic ring is 1. The molecule has 25 heavy (non-hydrogen) atoms. The zero-order chi connectivity index (χ0) is 17.5. The van der Waals surface area contributed by atoms with E-state index in [1.807, 2.05) is 30.3 Å². The second-order valence-corrected chi connectivity index (χ2v) is 5.35. The van der Waals surface area contributed by atoms with Crippen LogP contribution >= 0.6 is 0 Å². The van der Waals surface area contributed by atoms with E-state index < -0.39 is 0 Å². The summed E-state index contributed by atoms with van der Waals surface area (Å²) in [5.41, 5.74) is 6.92. The monoisotopic (exact) mass is 334 g/mol. The lowest BCUT2D eigenvalue weighted by Crippen LogP contribution is -2.20. The van der Waals surface area contributed by atoms with E-state index in [2.05, 4.69) is 5.32 Å². The highest BCUT2D eigenvalue weighted by Gasteiger charge is 2.04. The smallest absolute Gasteiger partial charge is 0.262 e. The van der Waals surface area contributed by atoms with Gasteiger partial charge in [0.05, 0.1) is 0 Å². The number of amides is 1. The van der Waals surface area contributed by atoms with Crippen molar-refractivity contribution in [3.8, 4) is 17.2 Å². The number of para-hydroxylation sites is 1. The van der Waals surface area contributed by atoms with Crippen LogP contribution in [0.5, 0.6) is 17.2 Å². The van der Waals surface area contributed by atoms with E-state index in [1.54, 1.807) is 48.5 Å². The van der Waals surface area contributed by atoms with E-state index in [-0.39, 0.29) is 12.5 Å². The first-order valence-corrected chi connectivity index (χ1v) is 7.80. The van der Waals surface area contributed by atoms with Crippen molar-refractivity contribution in [2.75, 3.05) is 17.7 Å². The topological polar surface area (TPSA) is 73.6 Å². The lowest BCUT2D eigenvalue weighted by atomic mass is 10.3. The minimum atomic E-state index is -0.242. The highest BCUT2D eigenvalue weighted by Crippen LogP contribution is 2.22. The standard InChI is InChI=1S/C20H18N2O3/c21-15-6-10-17(11-7-15)24-14-20(23)22-16-8-12-19(13-9-16)25-18-4-2-1-3-5-18/h1-13H,14,21H2,(H,22,23). The van der Waals surface area contributed by atoms with Crippen LogP contribution in [-0.4, -0.2) is 12.5 Å². The van der Waals surface area contributed by atoms with Crippen molar-refractivity contribution in [2.45, 2.75) is 0 Å². The Morgan fingerprint density at radius 2 is 1.40 bits per heavy atom. The molecular weight excluding hydrogens is 316 g/mol. The summed E-state index contributed by atoms with van der Waals surface area (Å²) >= 11 is 0. The molecule has 0 atom stereocenters. The largest absolute Gasteiger partial charge is 0.484 e. The van der Waals surface area contributed by atoms with Gasteiger partial charge in [-0.25, -0.2) is 0 Å². The van der Waals surface area contributed by atoms with E-state index in [1.165, 1.54) is 0 Å². The van der Waals surface area contributed by atoms with Crippen molar-refractivity contribution in [1.82, 2.24) is 0 Å². The van der Waals surface area contributed by atoms with Crippen LogP contribution in [0.2, 0.25) is 0 Å². The Balaban J connectivity index is 1.50. The average molecular weight is 334 g/mol. The molecule has 3 rings (SSSR count). The molecule has 5 heteroatoms. The molecule has 0 saturated heterocycles. The average Bonchev–Trinajstić information content (AvgIpc) is 2.64. The lowest BCUT2D eigenvalue weighted by molar-refractivity contribution is -0.118. The van der Waals surface area contributed by atoms with Gasteiger partial charge in [0.15, 0.2) is 6.61 Å². The summed E-state index contributed by atoms with van der Waals surface area (Å²) in [4.78, 5) is 11.9. The first-order chi connectivity index (χ1) is 12.2. The Bertz CT molecular complexity index is 816. The van der Waals surface area contributed by atoms with Gasteiger partial charge < -0.3 is 20.5 Å². The Morgan fingerprint density at radius 1 is 0.800 bits per heavy atom. The van der Waals surface area contributed by atoms with Gasteiger partial charge >= 0.3 is 0 Å². The van der Waals surface area contributed by atoms with Crippen molar-refractivity contribution in [1.29, 1.82) is 0 Å². The summed E-state index contributed by atoms with van der Waals surface area (Å²) in [5, 5.41) is 2.77. The first kappa shape index (κ1) is 16.4. The van der Waals surface area contributed by atoms with Gasteiger partial charge in [-0.05, 0) is 60.7 Å². The number of carbonyl (C=O) groups is 1. The highest BCUT2D eigenvalue weighted by molar-refractivity contribution is 5.91. The van der Waals surface area contributed by atoms with Crippen LogP contribution < -0.4 is 20.5 Å². The van der Waals surface area contributed by atoms with Gasteiger partial charge in [-0.15, -0.1) is 0 Å². The first-order valence-electron chi connectivity index (χ1n) is 7.80. The third-order valence-electron chi connectivity index (χ3n) is 3.37. The molecule has 0 aromatic heterocycles. The van der Waals surface area contributed by atoms with Crippen LogP contribution in [0.1, 0.15) is 0 Å². The molecule has 126 valence electrons. The number of nitrogens with one attached hydrogen (secondary N) is 1. The van der Waals surface area contributed by atoms with Crippen molar-refractivity contribution < 1.29 is 14.3 Å². The molecule has 0 aliphatic carbocycles. The van der Waals surface area contributed by atoms with Crippen molar-refractivity contribution in [3.05, 3.63) is 78.9 Å². The Morgan fingerprint density at radius 3 is 2.08 bits per heavy atom. The maximum Gasteiger partial charge on any atom is 0.262 e. The van der Waals surface area contributed by atoms with E-state index in [0.717, 1.165) is 5.75 Å². The quantitative estimate of drug-likeness (QED) is 0.666. The fourth-order valence-electron chi connectivity index (χ4n) is 2.14. The number of anilines is 2. The third kappa shape index (κ3) is 5.00. The Kier molecular flexibility index (Phi) is 5.16. The number of nitrogens with two attached hydrogens (primary N) is 1. The van der Waals surface area contributed by atoms with Crippen molar-refractivity contribution in [2.24, 2.45) is 0 Å². The van der Waals surface area contributed by atoms with Crippen LogP contribution in [0.3, 0.4) is 0 Å². The van der Waals surface area contributed by atoms with Crippen LogP contribution in [0.25, 0.3) is 0 Å². The number of rotatable bonds is 6. The molecule has 0 fully saturated rings. The van der Waals surface area contributed by atoms with Gasteiger partial charge in [0.25, 0.3) is 5.91 Å². The van der Waals surface area contributed by atoms with E-state index in [0.29, 0.717) is 22.9 Å². The molecule has 3 aromatic carbocycles. The van der Waals surface area contributed by atoms with E-state index in [9.17, 15) is 4.79 Å². The van der Waals surface area contributed by atoms with Crippen LogP contribution in [0.15, 0.2) is 78.9 Å². The van der Waals surface area contributed by atoms with Gasteiger partial charge in [0.2, 0.25) is 0 Å². The number of hydrogen-bond acceptors (Lipinski definition) is 4. The molecule has 0 aliphatic heterocycles. The number of carbonyl (C=O) groups excluding carboxylic acids is 1. The SMILES string of the molecule is Nc1ccc(OCC(=O)Nc2ccc(Oc3ccccc3)cc2)cc1. The number of hydrogen-bond donors (Lipinski definition) is 2. The predicted octanol–water partition coefficient (Wildman–Crippen LogP) is 4.08. The normalized spacial score (nSPS) is 10.1. The van der Waals surface area contributed by atoms with Gasteiger partial charge in [0, 0.05) is 11.4 Å². The summed E-state index contributed by atoms with van der Waals surface area (Å²) in [5.74, 6) is 1.81. The second kappa shape index (κ2) is 7.88. The van der Waals surface area contributed by atoms with Gasteiger partial charge in [-0.1, -0.05) is 18.2 Å². The summed E-state index contributed by atoms with van der Waals surface area (Å²) in [6.07, 6.45) is 0. The summed E-state index contributed by atoms with van der Waals surface area (Å²) < 4.78 is 11.1. The molecule has 1 amide bonds. The van der Waals surface area contributed by atoms with Crippen LogP contribution in [-0.2, 0) is 4.79 Å². The van der Waals surface area contributed by atoms with Crippen molar-refractivity contribution in [3.63, 3.8) is 0 Å². The van der Waals surface area contributed by atoms with Crippen molar-refractivity contribution >= 4 is 17.3 Å². The predicted molar refractivity (Wildman–Crippen MR) is 97.9 cm³/mol. The molecule has 0 radical (unpaired) electrons. The molecule has 0 spiro atoms. The zero-order valence-electron chi connectivity index (χ0n) is 13.5. The molecule has 3 N–H and O–H groups in total. The zero-order valence-corrected chi connectivity index (χ0v) is 13.5. The number of benzene rings is 3. The highest BCUT2D eigenvalue weighted by atomic mass is 16.5. The molecule has 0 unspecified atom stereocenters. The Hall–Kier alpha value is -3.47. The molecule has 0 bridgehead atoms. The second-order valence-electron chi connectivity index (χ2n) is 5.35. The maximum atomic E-state index is 11.9. The molecule has 0 saturated carbocycles. The molecule has 0 aliphatic rings. The molecule has 0 heterocycles. The number of ether oxygens (including phenoxy) is 2. The maximum absolute atomic E-state index is 11.9. The summed E-state index contributed by atoms with van der Waals surface area (Å²) in [6.45, 7) is -0.0772. The minimum absolute atomic E-state index is 0.0772. The van der Waals surface area contributed by atoms with Crippen LogP contribution in [0, 0.1) is 0 Å².